The van der Waals surface area contributed by atoms with E-state index < -0.39 is 6.23 Å². The molecule has 0 aromatic rings. The SMILES string of the molecule is CC1CC(O)N(C)C1=N. The molecule has 2 atom stereocenters. The molecule has 1 heterocycles. The maximum Gasteiger partial charge on any atom is 0.128 e. The average molecular weight is 128 g/mol. The van der Waals surface area contributed by atoms with Gasteiger partial charge in [0.05, 0.1) is 0 Å². The summed E-state index contributed by atoms with van der Waals surface area (Å²) < 4.78 is 0. The summed E-state index contributed by atoms with van der Waals surface area (Å²) in [6.07, 6.45) is 0.280. The van der Waals surface area contributed by atoms with Crippen molar-refractivity contribution in [3.63, 3.8) is 0 Å². The van der Waals surface area contributed by atoms with E-state index in [2.05, 4.69) is 0 Å². The second-order valence-electron chi connectivity index (χ2n) is 2.61. The van der Waals surface area contributed by atoms with Crippen LogP contribution < -0.4 is 0 Å². The van der Waals surface area contributed by atoms with E-state index in [1.165, 1.54) is 0 Å². The number of rotatable bonds is 0. The minimum absolute atomic E-state index is 0.227. The molecule has 0 aromatic heterocycles. The number of aliphatic hydroxyl groups is 1. The molecule has 2 N–H and O–H groups in total. The van der Waals surface area contributed by atoms with Crippen molar-refractivity contribution in [1.82, 2.24) is 4.90 Å². The van der Waals surface area contributed by atoms with Crippen molar-refractivity contribution in [2.45, 2.75) is 19.6 Å². The van der Waals surface area contributed by atoms with Gasteiger partial charge in [-0.2, -0.15) is 0 Å². The lowest BCUT2D eigenvalue weighted by Gasteiger charge is -2.14. The van der Waals surface area contributed by atoms with Crippen LogP contribution in [-0.2, 0) is 0 Å². The van der Waals surface area contributed by atoms with Gasteiger partial charge in [-0.1, -0.05) is 6.92 Å². The Kier molecular flexibility index (Phi) is 1.45. The molecular weight excluding hydrogens is 116 g/mol. The van der Waals surface area contributed by atoms with Gasteiger partial charge in [-0.05, 0) is 0 Å². The number of likely N-dealkylation sites (tertiary alicyclic amines) is 1. The van der Waals surface area contributed by atoms with Crippen molar-refractivity contribution in [2.24, 2.45) is 5.92 Å². The van der Waals surface area contributed by atoms with Crippen LogP contribution >= 0.6 is 0 Å². The van der Waals surface area contributed by atoms with Crippen LogP contribution in [0, 0.1) is 11.3 Å². The van der Waals surface area contributed by atoms with Gasteiger partial charge in [-0.15, -0.1) is 0 Å². The fraction of sp³-hybridized carbons (Fsp3) is 0.833. The lowest BCUT2D eigenvalue weighted by atomic mass is 10.1. The second kappa shape index (κ2) is 1.99. The summed E-state index contributed by atoms with van der Waals surface area (Å²) in [6.45, 7) is 1.95. The normalized spacial score (nSPS) is 35.9. The Morgan fingerprint density at radius 1 is 1.78 bits per heavy atom. The summed E-state index contributed by atoms with van der Waals surface area (Å²) in [5, 5.41) is 16.5. The fourth-order valence-electron chi connectivity index (χ4n) is 1.09. The third kappa shape index (κ3) is 0.920. The van der Waals surface area contributed by atoms with E-state index in [0.717, 1.165) is 0 Å². The number of hydrogen-bond donors (Lipinski definition) is 2. The van der Waals surface area contributed by atoms with Crippen molar-refractivity contribution >= 4 is 5.84 Å². The van der Waals surface area contributed by atoms with E-state index in [1.807, 2.05) is 6.92 Å². The number of nitrogens with zero attached hydrogens (tertiary/aromatic N) is 1. The summed E-state index contributed by atoms with van der Waals surface area (Å²) in [5.74, 6) is 0.771. The highest BCUT2D eigenvalue weighted by Gasteiger charge is 2.28. The van der Waals surface area contributed by atoms with Crippen LogP contribution in [0.1, 0.15) is 13.3 Å². The number of hydrogen-bond acceptors (Lipinski definition) is 2. The van der Waals surface area contributed by atoms with Crippen molar-refractivity contribution in [3.8, 4) is 0 Å². The molecule has 0 aliphatic carbocycles. The third-order valence-electron chi connectivity index (χ3n) is 1.86. The summed E-state index contributed by atoms with van der Waals surface area (Å²) in [7, 11) is 1.75. The zero-order chi connectivity index (χ0) is 7.02. The van der Waals surface area contributed by atoms with Crippen LogP contribution in [-0.4, -0.2) is 29.1 Å². The second-order valence-corrected chi connectivity index (χ2v) is 2.61. The molecule has 1 aliphatic heterocycles. The first-order chi connectivity index (χ1) is 4.13. The Morgan fingerprint density at radius 2 is 2.33 bits per heavy atom. The minimum Gasteiger partial charge on any atom is -0.374 e. The topological polar surface area (TPSA) is 47.3 Å². The number of amidine groups is 1. The zero-order valence-electron chi connectivity index (χ0n) is 5.76. The molecule has 3 heteroatoms. The van der Waals surface area contributed by atoms with E-state index in [1.54, 1.807) is 11.9 Å². The van der Waals surface area contributed by atoms with Gasteiger partial charge >= 0.3 is 0 Å². The van der Waals surface area contributed by atoms with Crippen molar-refractivity contribution in [3.05, 3.63) is 0 Å². The molecule has 0 saturated carbocycles. The standard InChI is InChI=1S/C6H12N2O/c1-4-3-5(9)8(2)6(4)7/h4-5,7,9H,3H2,1-2H3. The summed E-state index contributed by atoms with van der Waals surface area (Å²) >= 11 is 0. The summed E-state index contributed by atoms with van der Waals surface area (Å²) in [6, 6.07) is 0. The summed E-state index contributed by atoms with van der Waals surface area (Å²) in [5.41, 5.74) is 0. The molecule has 9 heavy (non-hydrogen) atoms. The van der Waals surface area contributed by atoms with Crippen LogP contribution in [0.25, 0.3) is 0 Å². The maximum atomic E-state index is 9.12. The van der Waals surface area contributed by atoms with Gasteiger partial charge in [0, 0.05) is 19.4 Å². The summed E-state index contributed by atoms with van der Waals surface area (Å²) in [4.78, 5) is 1.60. The number of aliphatic hydroxyl groups excluding tert-OH is 1. The van der Waals surface area contributed by atoms with Gasteiger partial charge in [-0.3, -0.25) is 5.41 Å². The van der Waals surface area contributed by atoms with Crippen molar-refractivity contribution in [1.29, 1.82) is 5.41 Å². The third-order valence-corrected chi connectivity index (χ3v) is 1.86. The van der Waals surface area contributed by atoms with Crippen LogP contribution in [0.15, 0.2) is 0 Å². The smallest absolute Gasteiger partial charge is 0.128 e. The fourth-order valence-corrected chi connectivity index (χ4v) is 1.09. The van der Waals surface area contributed by atoms with Crippen LogP contribution in [0.2, 0.25) is 0 Å². The van der Waals surface area contributed by atoms with Gasteiger partial charge < -0.3 is 10.0 Å². The van der Waals surface area contributed by atoms with E-state index in [0.29, 0.717) is 12.3 Å². The van der Waals surface area contributed by atoms with Gasteiger partial charge in [0.1, 0.15) is 12.1 Å². The van der Waals surface area contributed by atoms with Gasteiger partial charge in [0.25, 0.3) is 0 Å². The molecule has 0 aromatic carbocycles. The lowest BCUT2D eigenvalue weighted by molar-refractivity contribution is 0.0803. The largest absolute Gasteiger partial charge is 0.374 e. The van der Waals surface area contributed by atoms with Crippen LogP contribution in [0.3, 0.4) is 0 Å². The minimum atomic E-state index is -0.424. The highest BCUT2D eigenvalue weighted by Crippen LogP contribution is 2.20. The van der Waals surface area contributed by atoms with E-state index in [4.69, 9.17) is 10.5 Å². The van der Waals surface area contributed by atoms with Gasteiger partial charge in [0.2, 0.25) is 0 Å². The molecule has 1 rings (SSSR count). The average Bonchev–Trinajstić information content (AvgIpc) is 1.98. The van der Waals surface area contributed by atoms with Crippen molar-refractivity contribution in [2.75, 3.05) is 7.05 Å². The first-order valence-electron chi connectivity index (χ1n) is 3.12. The molecule has 0 bridgehead atoms. The highest BCUT2D eigenvalue weighted by atomic mass is 16.3. The Bertz CT molecular complexity index is 135. The monoisotopic (exact) mass is 128 g/mol. The predicted molar refractivity (Wildman–Crippen MR) is 35.3 cm³/mol. The zero-order valence-corrected chi connectivity index (χ0v) is 5.76. The Balaban J connectivity index is 2.65. The molecule has 52 valence electrons. The molecule has 1 fully saturated rings. The van der Waals surface area contributed by atoms with Gasteiger partial charge in [-0.25, -0.2) is 0 Å². The van der Waals surface area contributed by atoms with E-state index >= 15 is 0 Å². The van der Waals surface area contributed by atoms with Crippen LogP contribution in [0.4, 0.5) is 0 Å². The molecule has 0 radical (unpaired) electrons. The molecule has 2 unspecified atom stereocenters. The lowest BCUT2D eigenvalue weighted by Crippen LogP contribution is -2.28. The highest BCUT2D eigenvalue weighted by molar-refractivity contribution is 5.83. The molecule has 3 nitrogen and oxygen atoms in total. The molecule has 1 saturated heterocycles. The van der Waals surface area contributed by atoms with Crippen molar-refractivity contribution < 1.29 is 5.11 Å². The van der Waals surface area contributed by atoms with E-state index in [9.17, 15) is 0 Å². The first-order valence-corrected chi connectivity index (χ1v) is 3.12. The maximum absolute atomic E-state index is 9.12. The quantitative estimate of drug-likeness (QED) is 0.491. The predicted octanol–water partition coefficient (Wildman–Crippen LogP) is 0.254. The van der Waals surface area contributed by atoms with Gasteiger partial charge in [0.15, 0.2) is 0 Å². The Morgan fingerprint density at radius 3 is 2.44 bits per heavy atom. The Labute approximate surface area is 54.8 Å². The number of nitrogens with one attached hydrogen (secondary N) is 1. The van der Waals surface area contributed by atoms with Crippen LogP contribution in [0.5, 0.6) is 0 Å². The van der Waals surface area contributed by atoms with E-state index in [-0.39, 0.29) is 5.92 Å². The Hall–Kier alpha value is -0.570. The molecule has 0 spiro atoms. The first kappa shape index (κ1) is 6.55. The molecule has 1 aliphatic rings. The molecule has 0 amide bonds. The molecular formula is C6H12N2O.